The highest BCUT2D eigenvalue weighted by molar-refractivity contribution is 9.10. The van der Waals surface area contributed by atoms with Crippen LogP contribution in [0.3, 0.4) is 0 Å². The molecule has 0 radical (unpaired) electrons. The van der Waals surface area contributed by atoms with Crippen LogP contribution in [0, 0.1) is 6.92 Å². The van der Waals surface area contributed by atoms with E-state index in [4.69, 9.17) is 0 Å². The number of hydrogen-bond acceptors (Lipinski definition) is 2. The van der Waals surface area contributed by atoms with Gasteiger partial charge in [-0.1, -0.05) is 22.0 Å². The number of halogens is 1. The molecule has 2 aromatic rings. The summed E-state index contributed by atoms with van der Waals surface area (Å²) in [5.74, 6) is 0.175. The molecule has 1 aromatic heterocycles. The molecule has 0 atom stereocenters. The summed E-state index contributed by atoms with van der Waals surface area (Å²) < 4.78 is 1.04. The molecule has 0 unspecified atom stereocenters. The maximum atomic E-state index is 12.0. The molecule has 0 amide bonds. The average molecular weight is 295 g/mol. The van der Waals surface area contributed by atoms with Gasteiger partial charge in [-0.25, -0.2) is 0 Å². The lowest BCUT2D eigenvalue weighted by atomic mass is 10.0. The number of carbonyl (C=O) groups is 1. The van der Waals surface area contributed by atoms with Crippen molar-refractivity contribution in [2.24, 2.45) is 0 Å². The van der Waals surface area contributed by atoms with Crippen LogP contribution in [-0.4, -0.2) is 5.78 Å². The van der Waals surface area contributed by atoms with E-state index in [1.807, 2.05) is 41.9 Å². The molecular weight excluding hydrogens is 284 g/mol. The van der Waals surface area contributed by atoms with Crippen LogP contribution in [0.1, 0.15) is 21.5 Å². The molecule has 1 heterocycles. The molecule has 0 aliphatic rings. The minimum Gasteiger partial charge on any atom is -0.294 e. The van der Waals surface area contributed by atoms with Gasteiger partial charge < -0.3 is 0 Å². The molecule has 0 aliphatic carbocycles. The third-order valence-corrected chi connectivity index (χ3v) is 4.05. The average Bonchev–Trinajstić information content (AvgIpc) is 2.74. The summed E-state index contributed by atoms with van der Waals surface area (Å²) >= 11 is 5.05. The summed E-state index contributed by atoms with van der Waals surface area (Å²) in [4.78, 5) is 12.0. The molecule has 3 heteroatoms. The Morgan fingerprint density at radius 3 is 2.81 bits per heavy atom. The highest BCUT2D eigenvalue weighted by Crippen LogP contribution is 2.18. The fourth-order valence-corrected chi connectivity index (χ4v) is 2.41. The number of thiophene rings is 1. The number of benzene rings is 1. The van der Waals surface area contributed by atoms with Gasteiger partial charge in [-0.15, -0.1) is 0 Å². The standard InChI is InChI=1S/C13H11BrOS/c1-9-6-11(2-3-12(9)14)13(15)7-10-4-5-16-8-10/h2-6,8H,7H2,1H3. The van der Waals surface area contributed by atoms with Crippen LogP contribution in [0.2, 0.25) is 0 Å². The fourth-order valence-electron chi connectivity index (χ4n) is 1.50. The molecule has 0 saturated carbocycles. The van der Waals surface area contributed by atoms with Crippen molar-refractivity contribution in [3.05, 3.63) is 56.2 Å². The number of aryl methyl sites for hydroxylation is 1. The van der Waals surface area contributed by atoms with Crippen LogP contribution < -0.4 is 0 Å². The topological polar surface area (TPSA) is 17.1 Å². The van der Waals surface area contributed by atoms with Crippen LogP contribution in [-0.2, 0) is 6.42 Å². The van der Waals surface area contributed by atoms with E-state index in [2.05, 4.69) is 15.9 Å². The third kappa shape index (κ3) is 2.60. The Labute approximate surface area is 107 Å². The molecule has 0 aliphatic heterocycles. The molecule has 1 aromatic carbocycles. The van der Waals surface area contributed by atoms with Gasteiger partial charge in [-0.3, -0.25) is 4.79 Å². The predicted octanol–water partition coefficient (Wildman–Crippen LogP) is 4.24. The number of rotatable bonds is 3. The van der Waals surface area contributed by atoms with Crippen LogP contribution in [0.25, 0.3) is 0 Å². The van der Waals surface area contributed by atoms with E-state index in [0.29, 0.717) is 6.42 Å². The Kier molecular flexibility index (Phi) is 3.56. The lowest BCUT2D eigenvalue weighted by Gasteiger charge is -2.02. The van der Waals surface area contributed by atoms with Gasteiger partial charge in [-0.05, 0) is 47.0 Å². The quantitative estimate of drug-likeness (QED) is 0.774. The first-order chi connectivity index (χ1) is 7.66. The largest absolute Gasteiger partial charge is 0.294 e. The van der Waals surface area contributed by atoms with Crippen molar-refractivity contribution in [3.8, 4) is 0 Å². The lowest BCUT2D eigenvalue weighted by Crippen LogP contribution is -2.02. The summed E-state index contributed by atoms with van der Waals surface area (Å²) in [6.07, 6.45) is 0.491. The molecule has 16 heavy (non-hydrogen) atoms. The van der Waals surface area contributed by atoms with Crippen LogP contribution in [0.5, 0.6) is 0 Å². The van der Waals surface area contributed by atoms with Crippen molar-refractivity contribution in [1.82, 2.24) is 0 Å². The van der Waals surface area contributed by atoms with E-state index in [0.717, 1.165) is 21.2 Å². The van der Waals surface area contributed by atoms with Gasteiger partial charge in [0.15, 0.2) is 5.78 Å². The van der Waals surface area contributed by atoms with Gasteiger partial charge in [0.25, 0.3) is 0 Å². The second kappa shape index (κ2) is 4.93. The molecule has 0 fully saturated rings. The maximum Gasteiger partial charge on any atom is 0.167 e. The van der Waals surface area contributed by atoms with Gasteiger partial charge in [0.2, 0.25) is 0 Å². The Bertz CT molecular complexity index is 503. The first kappa shape index (κ1) is 11.6. The number of carbonyl (C=O) groups excluding carboxylic acids is 1. The fraction of sp³-hybridized carbons (Fsp3) is 0.154. The summed E-state index contributed by atoms with van der Waals surface area (Å²) in [5, 5.41) is 4.01. The molecule has 2 rings (SSSR count). The van der Waals surface area contributed by atoms with Crippen molar-refractivity contribution >= 4 is 33.0 Å². The first-order valence-corrected chi connectivity index (χ1v) is 6.71. The monoisotopic (exact) mass is 294 g/mol. The summed E-state index contributed by atoms with van der Waals surface area (Å²) in [6, 6.07) is 7.72. The van der Waals surface area contributed by atoms with Gasteiger partial charge >= 0.3 is 0 Å². The number of ketones is 1. The zero-order chi connectivity index (χ0) is 11.5. The molecule has 0 spiro atoms. The van der Waals surface area contributed by atoms with E-state index in [1.54, 1.807) is 11.3 Å². The summed E-state index contributed by atoms with van der Waals surface area (Å²) in [6.45, 7) is 1.99. The Balaban J connectivity index is 2.18. The van der Waals surface area contributed by atoms with Crippen molar-refractivity contribution in [2.45, 2.75) is 13.3 Å². The van der Waals surface area contributed by atoms with Gasteiger partial charge in [0.1, 0.15) is 0 Å². The highest BCUT2D eigenvalue weighted by Gasteiger charge is 2.08. The van der Waals surface area contributed by atoms with E-state index in [1.165, 1.54) is 0 Å². The highest BCUT2D eigenvalue weighted by atomic mass is 79.9. The smallest absolute Gasteiger partial charge is 0.167 e. The van der Waals surface area contributed by atoms with Gasteiger partial charge in [-0.2, -0.15) is 11.3 Å². The van der Waals surface area contributed by atoms with Crippen LogP contribution in [0.15, 0.2) is 39.5 Å². The van der Waals surface area contributed by atoms with Crippen molar-refractivity contribution in [3.63, 3.8) is 0 Å². The second-order valence-electron chi connectivity index (χ2n) is 3.70. The molecule has 1 nitrogen and oxygen atoms in total. The maximum absolute atomic E-state index is 12.0. The van der Waals surface area contributed by atoms with Gasteiger partial charge in [0.05, 0.1) is 0 Å². The van der Waals surface area contributed by atoms with Crippen LogP contribution in [0.4, 0.5) is 0 Å². The molecular formula is C13H11BrOS. The molecule has 0 saturated heterocycles. The van der Waals surface area contributed by atoms with Crippen LogP contribution >= 0.6 is 27.3 Å². The zero-order valence-corrected chi connectivity index (χ0v) is 11.3. The third-order valence-electron chi connectivity index (χ3n) is 2.42. The SMILES string of the molecule is Cc1cc(C(=O)Cc2ccsc2)ccc1Br. The van der Waals surface area contributed by atoms with E-state index in [9.17, 15) is 4.79 Å². The van der Waals surface area contributed by atoms with Crippen molar-refractivity contribution < 1.29 is 4.79 Å². The van der Waals surface area contributed by atoms with E-state index in [-0.39, 0.29) is 5.78 Å². The van der Waals surface area contributed by atoms with Gasteiger partial charge in [0, 0.05) is 16.5 Å². The normalized spacial score (nSPS) is 10.4. The predicted molar refractivity (Wildman–Crippen MR) is 71.2 cm³/mol. The minimum atomic E-state index is 0.175. The second-order valence-corrected chi connectivity index (χ2v) is 5.33. The molecule has 0 N–H and O–H groups in total. The molecule has 0 bridgehead atoms. The van der Waals surface area contributed by atoms with Crippen molar-refractivity contribution in [2.75, 3.05) is 0 Å². The Morgan fingerprint density at radius 1 is 1.38 bits per heavy atom. The zero-order valence-electron chi connectivity index (χ0n) is 8.87. The Morgan fingerprint density at radius 2 is 2.19 bits per heavy atom. The molecule has 82 valence electrons. The summed E-state index contributed by atoms with van der Waals surface area (Å²) in [5.41, 5.74) is 2.97. The minimum absolute atomic E-state index is 0.175. The van der Waals surface area contributed by atoms with E-state index < -0.39 is 0 Å². The van der Waals surface area contributed by atoms with E-state index >= 15 is 0 Å². The lowest BCUT2D eigenvalue weighted by molar-refractivity contribution is 0.0993. The summed E-state index contributed by atoms with van der Waals surface area (Å²) in [7, 11) is 0. The first-order valence-electron chi connectivity index (χ1n) is 4.97. The number of hydrogen-bond donors (Lipinski definition) is 0. The Hall–Kier alpha value is -0.930. The van der Waals surface area contributed by atoms with Crippen molar-refractivity contribution in [1.29, 1.82) is 0 Å². The number of Topliss-reactive ketones (excluding diaryl/α,β-unsaturated/α-hetero) is 1.